The van der Waals surface area contributed by atoms with Crippen LogP contribution < -0.4 is 0 Å². The molecule has 0 fully saturated rings. The van der Waals surface area contributed by atoms with Gasteiger partial charge in [-0.3, -0.25) is 0 Å². The molecule has 0 aromatic heterocycles. The van der Waals surface area contributed by atoms with Gasteiger partial charge in [-0.15, -0.1) is 0 Å². The fourth-order valence-electron chi connectivity index (χ4n) is 2.23. The number of allylic oxidation sites excluding steroid dienone is 2. The molecule has 0 bridgehead atoms. The molecule has 0 saturated heterocycles. The SMILES string of the molecule is CN1C(=S)N=C2C=CC=CN2C1c1ccccc1. The summed E-state index contributed by atoms with van der Waals surface area (Å²) in [7, 11) is 1.98. The van der Waals surface area contributed by atoms with Gasteiger partial charge in [0.05, 0.1) is 0 Å². The van der Waals surface area contributed by atoms with E-state index in [4.69, 9.17) is 12.2 Å². The van der Waals surface area contributed by atoms with Crippen LogP contribution in [0.5, 0.6) is 0 Å². The van der Waals surface area contributed by atoms with Crippen LogP contribution in [0.3, 0.4) is 0 Å². The van der Waals surface area contributed by atoms with E-state index in [0.29, 0.717) is 5.11 Å². The molecule has 0 radical (unpaired) electrons. The van der Waals surface area contributed by atoms with Gasteiger partial charge in [-0.2, -0.15) is 0 Å². The molecule has 1 atom stereocenters. The molecule has 0 amide bonds. The molecule has 2 aliphatic heterocycles. The van der Waals surface area contributed by atoms with E-state index in [1.807, 2.05) is 54.6 Å². The van der Waals surface area contributed by atoms with E-state index in [1.54, 1.807) is 0 Å². The lowest BCUT2D eigenvalue weighted by Crippen LogP contribution is -2.46. The molecule has 1 aromatic carbocycles. The fraction of sp³-hybridized carbons (Fsp3) is 0.143. The van der Waals surface area contributed by atoms with Gasteiger partial charge in [0.15, 0.2) is 5.11 Å². The number of benzene rings is 1. The number of hydrogen-bond acceptors (Lipinski definition) is 2. The largest absolute Gasteiger partial charge is 0.326 e. The highest BCUT2D eigenvalue weighted by Crippen LogP contribution is 2.30. The van der Waals surface area contributed by atoms with Gasteiger partial charge in [0.2, 0.25) is 0 Å². The molecule has 2 heterocycles. The molecular formula is C14H13N3S. The second-order valence-corrected chi connectivity index (χ2v) is 4.62. The Labute approximate surface area is 112 Å². The molecule has 0 aliphatic carbocycles. The minimum Gasteiger partial charge on any atom is -0.326 e. The number of nitrogens with zero attached hydrogens (tertiary/aromatic N) is 3. The highest BCUT2D eigenvalue weighted by atomic mass is 32.1. The van der Waals surface area contributed by atoms with Crippen LogP contribution in [-0.2, 0) is 0 Å². The molecule has 3 rings (SSSR count). The molecule has 0 N–H and O–H groups in total. The van der Waals surface area contributed by atoms with Crippen molar-refractivity contribution in [2.75, 3.05) is 7.05 Å². The van der Waals surface area contributed by atoms with Crippen LogP contribution in [0.4, 0.5) is 0 Å². The van der Waals surface area contributed by atoms with Crippen molar-refractivity contribution in [2.45, 2.75) is 6.17 Å². The summed E-state index contributed by atoms with van der Waals surface area (Å²) >= 11 is 5.33. The highest BCUT2D eigenvalue weighted by Gasteiger charge is 2.31. The Hall–Kier alpha value is -1.94. The average Bonchev–Trinajstić information content (AvgIpc) is 2.41. The van der Waals surface area contributed by atoms with E-state index in [1.165, 1.54) is 5.56 Å². The molecule has 3 nitrogen and oxygen atoms in total. The zero-order valence-electron chi connectivity index (χ0n) is 10.0. The predicted molar refractivity (Wildman–Crippen MR) is 77.1 cm³/mol. The van der Waals surface area contributed by atoms with Gasteiger partial charge in [-0.05, 0) is 29.9 Å². The van der Waals surface area contributed by atoms with E-state index >= 15 is 0 Å². The third-order valence-electron chi connectivity index (χ3n) is 3.11. The Balaban J connectivity index is 2.08. The Morgan fingerprint density at radius 2 is 1.94 bits per heavy atom. The Bertz CT molecular complexity index is 560. The van der Waals surface area contributed by atoms with E-state index in [2.05, 4.69) is 22.0 Å². The summed E-state index contributed by atoms with van der Waals surface area (Å²) in [6, 6.07) is 10.3. The van der Waals surface area contributed by atoms with Crippen molar-refractivity contribution < 1.29 is 0 Å². The first-order chi connectivity index (χ1) is 8.77. The minimum absolute atomic E-state index is 0.0763. The summed E-state index contributed by atoms with van der Waals surface area (Å²) in [5.74, 6) is 0.898. The zero-order valence-corrected chi connectivity index (χ0v) is 10.8. The summed E-state index contributed by atoms with van der Waals surface area (Å²) in [6.45, 7) is 0. The maximum Gasteiger partial charge on any atom is 0.199 e. The van der Waals surface area contributed by atoms with Crippen molar-refractivity contribution in [1.29, 1.82) is 0 Å². The van der Waals surface area contributed by atoms with Crippen molar-refractivity contribution in [3.63, 3.8) is 0 Å². The smallest absolute Gasteiger partial charge is 0.199 e. The Morgan fingerprint density at radius 1 is 1.17 bits per heavy atom. The molecule has 0 spiro atoms. The van der Waals surface area contributed by atoms with Crippen LogP contribution in [0.25, 0.3) is 0 Å². The van der Waals surface area contributed by atoms with Gasteiger partial charge in [0, 0.05) is 13.2 Å². The van der Waals surface area contributed by atoms with Crippen molar-refractivity contribution in [1.82, 2.24) is 9.80 Å². The van der Waals surface area contributed by atoms with Gasteiger partial charge in [-0.1, -0.05) is 36.4 Å². The maximum atomic E-state index is 5.33. The zero-order chi connectivity index (χ0) is 12.5. The van der Waals surface area contributed by atoms with Gasteiger partial charge >= 0.3 is 0 Å². The van der Waals surface area contributed by atoms with E-state index in [-0.39, 0.29) is 6.17 Å². The normalized spacial score (nSPS) is 21.9. The predicted octanol–water partition coefficient (Wildman–Crippen LogP) is 2.70. The lowest BCUT2D eigenvalue weighted by Gasteiger charge is -2.41. The molecule has 90 valence electrons. The van der Waals surface area contributed by atoms with Gasteiger partial charge in [0.1, 0.15) is 12.0 Å². The van der Waals surface area contributed by atoms with Gasteiger partial charge in [-0.25, -0.2) is 4.99 Å². The summed E-state index contributed by atoms with van der Waals surface area (Å²) in [6.07, 6.45) is 8.08. The number of rotatable bonds is 1. The Kier molecular flexibility index (Phi) is 2.72. The molecule has 4 heteroatoms. The Morgan fingerprint density at radius 3 is 2.72 bits per heavy atom. The molecule has 1 unspecified atom stereocenters. The minimum atomic E-state index is 0.0763. The van der Waals surface area contributed by atoms with E-state index in [0.717, 1.165) is 5.84 Å². The first-order valence-corrected chi connectivity index (χ1v) is 6.22. The maximum absolute atomic E-state index is 5.33. The van der Waals surface area contributed by atoms with Crippen molar-refractivity contribution in [3.8, 4) is 0 Å². The lowest BCUT2D eigenvalue weighted by atomic mass is 10.1. The number of aliphatic imine (C=N–C) groups is 1. The van der Waals surface area contributed by atoms with Gasteiger partial charge in [0.25, 0.3) is 0 Å². The van der Waals surface area contributed by atoms with Crippen molar-refractivity contribution in [3.05, 3.63) is 60.3 Å². The number of amidine groups is 1. The monoisotopic (exact) mass is 255 g/mol. The van der Waals surface area contributed by atoms with E-state index in [9.17, 15) is 0 Å². The van der Waals surface area contributed by atoms with Crippen molar-refractivity contribution in [2.24, 2.45) is 4.99 Å². The van der Waals surface area contributed by atoms with Crippen LogP contribution in [0.1, 0.15) is 11.7 Å². The second kappa shape index (κ2) is 4.38. The summed E-state index contributed by atoms with van der Waals surface area (Å²) in [4.78, 5) is 8.56. The lowest BCUT2D eigenvalue weighted by molar-refractivity contribution is 0.226. The molecule has 18 heavy (non-hydrogen) atoms. The van der Waals surface area contributed by atoms with Crippen LogP contribution in [-0.4, -0.2) is 27.8 Å². The third kappa shape index (κ3) is 1.75. The average molecular weight is 255 g/mol. The fourth-order valence-corrected chi connectivity index (χ4v) is 2.42. The van der Waals surface area contributed by atoms with Crippen LogP contribution in [0, 0.1) is 0 Å². The number of fused-ring (bicyclic) bond motifs is 1. The van der Waals surface area contributed by atoms with Crippen LogP contribution in [0.15, 0.2) is 59.8 Å². The number of hydrogen-bond donors (Lipinski definition) is 0. The van der Waals surface area contributed by atoms with Crippen LogP contribution >= 0.6 is 12.2 Å². The highest BCUT2D eigenvalue weighted by molar-refractivity contribution is 7.80. The molecular weight excluding hydrogens is 242 g/mol. The molecule has 0 saturated carbocycles. The van der Waals surface area contributed by atoms with Crippen molar-refractivity contribution >= 4 is 23.2 Å². The summed E-state index contributed by atoms with van der Waals surface area (Å²) in [5, 5.41) is 0.620. The molecule has 2 aliphatic rings. The van der Waals surface area contributed by atoms with E-state index < -0.39 is 0 Å². The quantitative estimate of drug-likeness (QED) is 0.719. The summed E-state index contributed by atoms with van der Waals surface area (Å²) in [5.41, 5.74) is 1.20. The topological polar surface area (TPSA) is 18.8 Å². The summed E-state index contributed by atoms with van der Waals surface area (Å²) < 4.78 is 0. The first-order valence-electron chi connectivity index (χ1n) is 5.81. The first kappa shape index (κ1) is 11.2. The third-order valence-corrected chi connectivity index (χ3v) is 3.49. The molecule has 1 aromatic rings. The standard InChI is InChI=1S/C14H13N3S/c1-16-13(11-7-3-2-4-8-11)17-10-6-5-9-12(17)15-14(16)18/h2-10,13H,1H3. The van der Waals surface area contributed by atoms with Gasteiger partial charge < -0.3 is 9.80 Å². The number of thiocarbonyl (C=S) groups is 1. The van der Waals surface area contributed by atoms with Crippen LogP contribution in [0.2, 0.25) is 0 Å². The second-order valence-electron chi connectivity index (χ2n) is 4.26.